The molecule has 8 atom stereocenters. The lowest BCUT2D eigenvalue weighted by molar-refractivity contribution is -0.305. The summed E-state index contributed by atoms with van der Waals surface area (Å²) < 4.78 is 0.416. The Balaban J connectivity index is 0.000000233. The van der Waals surface area contributed by atoms with Gasteiger partial charge in [0.2, 0.25) is 21.7 Å². The number of hydrogen-bond acceptors (Lipinski definition) is 27. The number of aliphatic carboxylic acids is 2. The van der Waals surface area contributed by atoms with Gasteiger partial charge in [0, 0.05) is 136 Å². The number of fused-ring (bicyclic) bond motifs is 10. The molecule has 22 nitrogen and oxygen atoms in total. The molecule has 10 rings (SSSR count). The van der Waals surface area contributed by atoms with Gasteiger partial charge in [-0.3, -0.25) is 43.2 Å². The summed E-state index contributed by atoms with van der Waals surface area (Å²) in [5.74, 6) is -2.18. The Labute approximate surface area is 569 Å². The predicted octanol–water partition coefficient (Wildman–Crippen LogP) is 0.480. The van der Waals surface area contributed by atoms with E-state index in [-0.39, 0.29) is 120 Å². The summed E-state index contributed by atoms with van der Waals surface area (Å²) in [6.07, 6.45) is -8.76. The van der Waals surface area contributed by atoms with Crippen LogP contribution in [0.1, 0.15) is 63.5 Å². The first-order chi connectivity index (χ1) is 44.7. The summed E-state index contributed by atoms with van der Waals surface area (Å²) in [5, 5.41) is 111. The lowest BCUT2D eigenvalue weighted by Crippen LogP contribution is -2.45. The molecule has 8 aromatic carbocycles. The van der Waals surface area contributed by atoms with Crippen molar-refractivity contribution in [2.45, 2.75) is 114 Å². The molecule has 0 aliphatic carbocycles. The molecule has 0 amide bonds. The molecule has 0 saturated heterocycles. The summed E-state index contributed by atoms with van der Waals surface area (Å²) >= 11 is 18.9. The third kappa shape index (κ3) is 18.3. The largest absolute Gasteiger partial charge is 0.550 e. The Kier molecular flexibility index (Phi) is 30.9. The zero-order chi connectivity index (χ0) is 70.0. The maximum atomic E-state index is 13.3. The Morgan fingerprint density at radius 2 is 0.713 bits per heavy atom. The molecule has 0 bridgehead atoms. The van der Waals surface area contributed by atoms with Crippen molar-refractivity contribution in [3.8, 4) is 0 Å². The molecule has 0 spiro atoms. The number of benzene rings is 8. The molecule has 2 aromatic heterocycles. The monoisotopic (exact) mass is 1480 g/mol. The number of aliphatic hydroxyl groups excluding tert-OH is 10. The number of aryl methyl sites for hydroxylation is 2. The average Bonchev–Trinajstić information content (AvgIpc) is 1.55. The van der Waals surface area contributed by atoms with Crippen molar-refractivity contribution >= 4 is 198 Å². The highest BCUT2D eigenvalue weighted by Gasteiger charge is 2.31. The molecular formula is C62H59O22S10-. The summed E-state index contributed by atoms with van der Waals surface area (Å²) in [6, 6.07) is 22.0. The minimum Gasteiger partial charge on any atom is -0.550 e. The first-order valence-electron chi connectivity index (χ1n) is 28.1. The fourth-order valence-corrected chi connectivity index (χ4v) is 15.1. The smallest absolute Gasteiger partial charge is 0.303 e. The Morgan fingerprint density at radius 1 is 0.436 bits per heavy atom. The van der Waals surface area contributed by atoms with Crippen LogP contribution in [0.2, 0.25) is 0 Å². The molecule has 0 radical (unpaired) electrons. The second-order valence-electron chi connectivity index (χ2n) is 20.7. The summed E-state index contributed by atoms with van der Waals surface area (Å²) in [4.78, 5) is 126. The summed E-state index contributed by atoms with van der Waals surface area (Å²) in [7, 11) is 4.86. The highest BCUT2D eigenvalue weighted by Crippen LogP contribution is 2.31. The van der Waals surface area contributed by atoms with E-state index in [1.807, 2.05) is 13.8 Å². The van der Waals surface area contributed by atoms with Crippen molar-refractivity contribution in [2.24, 2.45) is 0 Å². The molecule has 2 heterocycles. The second kappa shape index (κ2) is 36.9. The molecule has 32 heteroatoms. The van der Waals surface area contributed by atoms with Crippen LogP contribution in [0.3, 0.4) is 0 Å². The zero-order valence-corrected chi connectivity index (χ0v) is 57.4. The van der Waals surface area contributed by atoms with E-state index < -0.39 is 107 Å². The van der Waals surface area contributed by atoms with Gasteiger partial charge in [0.1, 0.15) is 36.6 Å². The standard InChI is InChI=1S/2C23H12O6S.2C8H18O5.S5.S3/c2*24-15(25)8-6-10-5-7-13-14(9-10)19(27)17-16-18(26)11-3-1-2-4-12(11)20(28)22(16)30-23(17)21(13)29;2*1-2-3-5(10)7(12)8(13)6(11)4-9;1-3-5-4-2;1-3-2/h2*1-5,7,9H,6,8H2,(H,24,25);2*5-13H,2-4H2,1H3;;/p-1/t;;2*5-,6+,7+,8+;;/m..00../s1. The molecule has 0 aliphatic rings. The molecule has 500 valence electrons. The fraction of sp³-hybridized carbons (Fsp3) is 0.323. The minimum absolute atomic E-state index is 0.00126. The van der Waals surface area contributed by atoms with E-state index in [4.69, 9.17) is 35.7 Å². The lowest BCUT2D eigenvalue weighted by Gasteiger charge is -2.25. The number of rotatable bonds is 18. The van der Waals surface area contributed by atoms with E-state index in [1.54, 1.807) is 48.5 Å². The topological polar surface area (TPSA) is 416 Å². The van der Waals surface area contributed by atoms with Gasteiger partial charge in [-0.05, 0) is 67.5 Å². The molecule has 0 fully saturated rings. The number of aliphatic hydroxyl groups is 10. The van der Waals surface area contributed by atoms with Gasteiger partial charge in [-0.1, -0.05) is 87.4 Å². The second-order valence-corrected chi connectivity index (χ2v) is 29.8. The summed E-state index contributed by atoms with van der Waals surface area (Å²) in [5.41, 5.74) is -2.28. The summed E-state index contributed by atoms with van der Waals surface area (Å²) in [6.45, 7) is 2.36. The van der Waals surface area contributed by atoms with Gasteiger partial charge >= 0.3 is 5.97 Å². The van der Waals surface area contributed by atoms with Gasteiger partial charge in [-0.2, -0.15) is 0 Å². The average molecular weight is 1480 g/mol. The van der Waals surface area contributed by atoms with Crippen LogP contribution in [0.25, 0.3) is 83.4 Å². The SMILES string of the molecule is CCC[C@H](O)[C@@H](O)[C@H](O)[C@H](O)CO.CCC[C@H](O)[C@@H](O)[C@H](O)[C@H](O)CO.O=C(O)CCc1ccc2c(=O)c3sc4c(=O)c5ccccc5c(=O)c4c3c(=O)c2c1.O=C([O-])CCc1ccc2c(=O)c3sc4c(=O)c5ccccc5c(=O)c4c3c(=O)c2c1.S=S=S.S=S=S=S=S. The Bertz CT molecular complexity index is 4750. The lowest BCUT2D eigenvalue weighted by atomic mass is 9.99. The van der Waals surface area contributed by atoms with Crippen molar-refractivity contribution < 1.29 is 70.9 Å². The van der Waals surface area contributed by atoms with Crippen molar-refractivity contribution in [3.63, 3.8) is 0 Å². The van der Waals surface area contributed by atoms with Gasteiger partial charge in [0.15, 0.2) is 21.7 Å². The molecular weight excluding hydrogens is 1420 g/mol. The van der Waals surface area contributed by atoms with Crippen molar-refractivity contribution in [3.05, 3.63) is 178 Å². The van der Waals surface area contributed by atoms with Gasteiger partial charge in [-0.15, -0.1) is 22.7 Å². The van der Waals surface area contributed by atoms with Crippen LogP contribution in [0.4, 0.5) is 0 Å². The van der Waals surface area contributed by atoms with Crippen molar-refractivity contribution in [2.75, 3.05) is 13.2 Å². The predicted molar refractivity (Wildman–Crippen MR) is 384 cm³/mol. The molecule has 11 N–H and O–H groups in total. The van der Waals surface area contributed by atoms with E-state index >= 15 is 0 Å². The number of hydrogen-bond donors (Lipinski definition) is 11. The molecule has 94 heavy (non-hydrogen) atoms. The van der Waals surface area contributed by atoms with Crippen LogP contribution < -0.4 is 48.5 Å². The molecule has 0 saturated carbocycles. The van der Waals surface area contributed by atoms with Crippen LogP contribution in [-0.2, 0) is 103 Å². The number of carbonyl (C=O) groups excluding carboxylic acids is 1. The third-order valence-electron chi connectivity index (χ3n) is 14.6. The quantitative estimate of drug-likeness (QED) is 0.0556. The number of thiophene rings is 2. The van der Waals surface area contributed by atoms with Crippen LogP contribution >= 0.6 is 22.7 Å². The third-order valence-corrected chi connectivity index (χ3v) is 21.5. The van der Waals surface area contributed by atoms with Crippen LogP contribution in [0.15, 0.2) is 123 Å². The fourth-order valence-electron chi connectivity index (χ4n) is 9.99. The van der Waals surface area contributed by atoms with E-state index in [0.717, 1.165) is 31.6 Å². The van der Waals surface area contributed by atoms with Crippen molar-refractivity contribution in [1.82, 2.24) is 0 Å². The van der Waals surface area contributed by atoms with Gasteiger partial charge in [0.25, 0.3) is 0 Å². The van der Waals surface area contributed by atoms with Gasteiger partial charge < -0.3 is 66.1 Å². The van der Waals surface area contributed by atoms with Crippen molar-refractivity contribution in [1.29, 1.82) is 0 Å². The van der Waals surface area contributed by atoms with Crippen LogP contribution in [-0.4, -0.2) is 130 Å². The van der Waals surface area contributed by atoms with E-state index in [1.165, 1.54) is 63.0 Å². The Morgan fingerprint density at radius 3 is 0.979 bits per heavy atom. The van der Waals surface area contributed by atoms with Gasteiger partial charge in [-0.25, -0.2) is 0 Å². The van der Waals surface area contributed by atoms with Crippen LogP contribution in [0, 0.1) is 0 Å². The van der Waals surface area contributed by atoms with E-state index in [9.17, 15) is 73.5 Å². The Hall–Kier alpha value is -6.06. The normalized spacial score (nSPS) is 13.7. The first-order valence-corrected chi connectivity index (χ1v) is 37.7. The first kappa shape index (κ1) is 78.6. The number of carboxylic acid groups (broad SMARTS) is 2. The van der Waals surface area contributed by atoms with E-state index in [2.05, 4.69) is 44.8 Å². The molecule has 0 aliphatic heterocycles. The van der Waals surface area contributed by atoms with Gasteiger partial charge in [0.05, 0.1) is 65.8 Å². The maximum Gasteiger partial charge on any atom is 0.303 e. The van der Waals surface area contributed by atoms with E-state index in [0.29, 0.717) is 36.8 Å². The number of carboxylic acids is 2. The molecule has 0 unspecified atom stereocenters. The van der Waals surface area contributed by atoms with Crippen LogP contribution in [0.5, 0.6) is 0 Å². The maximum absolute atomic E-state index is 13.3. The highest BCUT2D eigenvalue weighted by molar-refractivity contribution is 8.59. The minimum atomic E-state index is -1.51. The zero-order valence-electron chi connectivity index (χ0n) is 49.3. The number of carbonyl (C=O) groups is 2. The highest BCUT2D eigenvalue weighted by atomic mass is 33.3. The molecule has 10 aromatic rings.